The Bertz CT molecular complexity index is 178. The molecule has 0 amide bonds. The first kappa shape index (κ1) is 11.0. The molecular weight excluding hydrogens is 160 g/mol. The van der Waals surface area contributed by atoms with E-state index in [-0.39, 0.29) is 10.5 Å². The zero-order chi connectivity index (χ0) is 9.07. The first-order valence-electron chi connectivity index (χ1n) is 4.19. The van der Waals surface area contributed by atoms with Crippen molar-refractivity contribution in [1.82, 2.24) is 0 Å². The van der Waals surface area contributed by atoms with E-state index in [0.717, 1.165) is 0 Å². The molecule has 0 radical (unpaired) electrons. The van der Waals surface area contributed by atoms with Gasteiger partial charge in [-0.2, -0.15) is 0 Å². The molecule has 0 rings (SSSR count). The van der Waals surface area contributed by atoms with Crippen molar-refractivity contribution in [2.24, 2.45) is 0 Å². The summed E-state index contributed by atoms with van der Waals surface area (Å²) in [5.74, 6) is 0. The largest absolute Gasteiger partial charge is 0.228 e. The summed E-state index contributed by atoms with van der Waals surface area (Å²) in [6.07, 6.45) is 1.43. The smallest absolute Gasteiger partial charge is 0.155 e. The average Bonchev–Trinajstić information content (AvgIpc) is 2.01. The van der Waals surface area contributed by atoms with E-state index in [4.69, 9.17) is 0 Å². The SMILES string of the molecule is CCC(C)S(=O)(=O)[C@@H](C)CC. The maximum Gasteiger partial charge on any atom is 0.155 e. The van der Waals surface area contributed by atoms with Crippen molar-refractivity contribution in [2.45, 2.75) is 51.0 Å². The third-order valence-electron chi connectivity index (χ3n) is 2.27. The second-order valence-electron chi connectivity index (χ2n) is 3.03. The van der Waals surface area contributed by atoms with Gasteiger partial charge >= 0.3 is 0 Å². The third-order valence-corrected chi connectivity index (χ3v) is 5.18. The van der Waals surface area contributed by atoms with Crippen LogP contribution in [0.15, 0.2) is 0 Å². The minimum atomic E-state index is -2.84. The van der Waals surface area contributed by atoms with Gasteiger partial charge in [-0.3, -0.25) is 0 Å². The molecule has 68 valence electrons. The Hall–Kier alpha value is -0.0500. The molecule has 0 N–H and O–H groups in total. The van der Waals surface area contributed by atoms with Crippen LogP contribution >= 0.6 is 0 Å². The van der Waals surface area contributed by atoms with E-state index < -0.39 is 9.84 Å². The Morgan fingerprint density at radius 2 is 1.27 bits per heavy atom. The van der Waals surface area contributed by atoms with E-state index in [1.807, 2.05) is 13.8 Å². The highest BCUT2D eigenvalue weighted by Crippen LogP contribution is 2.14. The highest BCUT2D eigenvalue weighted by Gasteiger charge is 2.24. The third kappa shape index (κ3) is 2.47. The molecule has 0 aliphatic heterocycles. The maximum absolute atomic E-state index is 11.5. The van der Waals surface area contributed by atoms with Crippen LogP contribution < -0.4 is 0 Å². The Kier molecular flexibility index (Phi) is 4.08. The zero-order valence-corrected chi connectivity index (χ0v) is 8.61. The first-order chi connectivity index (χ1) is 4.96. The van der Waals surface area contributed by atoms with Crippen LogP contribution in [0.5, 0.6) is 0 Å². The molecule has 0 aliphatic carbocycles. The summed E-state index contributed by atoms with van der Waals surface area (Å²) in [7, 11) is -2.84. The van der Waals surface area contributed by atoms with Crippen molar-refractivity contribution < 1.29 is 8.42 Å². The Balaban J connectivity index is 4.46. The zero-order valence-electron chi connectivity index (χ0n) is 7.79. The highest BCUT2D eigenvalue weighted by atomic mass is 32.2. The molecule has 1 unspecified atom stereocenters. The molecule has 0 saturated heterocycles. The van der Waals surface area contributed by atoms with Crippen LogP contribution in [0.4, 0.5) is 0 Å². The van der Waals surface area contributed by atoms with E-state index in [2.05, 4.69) is 0 Å². The van der Waals surface area contributed by atoms with E-state index in [1.165, 1.54) is 0 Å². The molecule has 3 heteroatoms. The van der Waals surface area contributed by atoms with Crippen molar-refractivity contribution in [2.75, 3.05) is 0 Å². The van der Waals surface area contributed by atoms with Crippen molar-refractivity contribution in [3.05, 3.63) is 0 Å². The van der Waals surface area contributed by atoms with Crippen molar-refractivity contribution in [3.63, 3.8) is 0 Å². The minimum absolute atomic E-state index is 0.183. The summed E-state index contributed by atoms with van der Waals surface area (Å²) in [5.41, 5.74) is 0. The lowest BCUT2D eigenvalue weighted by Gasteiger charge is -2.15. The van der Waals surface area contributed by atoms with Gasteiger partial charge in [0.1, 0.15) is 0 Å². The Morgan fingerprint density at radius 3 is 1.45 bits per heavy atom. The molecule has 0 saturated carbocycles. The molecule has 11 heavy (non-hydrogen) atoms. The second kappa shape index (κ2) is 4.10. The van der Waals surface area contributed by atoms with Crippen molar-refractivity contribution in [1.29, 1.82) is 0 Å². The molecule has 0 spiro atoms. The number of hydrogen-bond donors (Lipinski definition) is 0. The molecule has 0 aromatic rings. The summed E-state index contributed by atoms with van der Waals surface area (Å²) in [5, 5.41) is -0.366. The van der Waals surface area contributed by atoms with Crippen molar-refractivity contribution in [3.8, 4) is 0 Å². The van der Waals surface area contributed by atoms with E-state index in [1.54, 1.807) is 13.8 Å². The van der Waals surface area contributed by atoms with Gasteiger partial charge in [-0.15, -0.1) is 0 Å². The highest BCUT2D eigenvalue weighted by molar-refractivity contribution is 7.92. The quantitative estimate of drug-likeness (QED) is 0.660. The molecule has 0 aromatic carbocycles. The van der Waals surface area contributed by atoms with Gasteiger partial charge in [0, 0.05) is 0 Å². The van der Waals surface area contributed by atoms with E-state index in [0.29, 0.717) is 12.8 Å². The molecule has 0 aromatic heterocycles. The first-order valence-corrected chi connectivity index (χ1v) is 5.80. The van der Waals surface area contributed by atoms with Gasteiger partial charge in [0.05, 0.1) is 10.5 Å². The molecule has 2 atom stereocenters. The predicted molar refractivity (Wildman–Crippen MR) is 48.4 cm³/mol. The summed E-state index contributed by atoms with van der Waals surface area (Å²) in [6, 6.07) is 0. The lowest BCUT2D eigenvalue weighted by Crippen LogP contribution is -2.26. The number of rotatable bonds is 4. The molecule has 0 aliphatic rings. The second-order valence-corrected chi connectivity index (χ2v) is 5.81. The lowest BCUT2D eigenvalue weighted by atomic mass is 10.4. The molecule has 0 heterocycles. The van der Waals surface area contributed by atoms with Gasteiger partial charge in [0.25, 0.3) is 0 Å². The van der Waals surface area contributed by atoms with Gasteiger partial charge in [-0.25, -0.2) is 8.42 Å². The van der Waals surface area contributed by atoms with Crippen LogP contribution in [0.25, 0.3) is 0 Å². The standard InChI is InChI=1S/C8H18O2S/c1-5-7(3)11(9,10)8(4)6-2/h7-8H,5-6H2,1-4H3/t7-,8?/m0/s1. The average molecular weight is 178 g/mol. The topological polar surface area (TPSA) is 34.1 Å². The van der Waals surface area contributed by atoms with Gasteiger partial charge < -0.3 is 0 Å². The molecule has 0 bridgehead atoms. The summed E-state index contributed by atoms with van der Waals surface area (Å²) < 4.78 is 23.0. The fourth-order valence-electron chi connectivity index (χ4n) is 0.861. The van der Waals surface area contributed by atoms with Gasteiger partial charge in [0.15, 0.2) is 9.84 Å². The molecule has 0 fully saturated rings. The van der Waals surface area contributed by atoms with Gasteiger partial charge in [-0.1, -0.05) is 13.8 Å². The lowest BCUT2D eigenvalue weighted by molar-refractivity contribution is 0.565. The van der Waals surface area contributed by atoms with Crippen molar-refractivity contribution >= 4 is 9.84 Å². The fraction of sp³-hybridized carbons (Fsp3) is 1.00. The van der Waals surface area contributed by atoms with Crippen LogP contribution in [0.3, 0.4) is 0 Å². The monoisotopic (exact) mass is 178 g/mol. The molecular formula is C8H18O2S. The normalized spacial score (nSPS) is 17.8. The van der Waals surface area contributed by atoms with Gasteiger partial charge in [0.2, 0.25) is 0 Å². The van der Waals surface area contributed by atoms with Crippen LogP contribution in [0, 0.1) is 0 Å². The number of hydrogen-bond acceptors (Lipinski definition) is 2. The van der Waals surface area contributed by atoms with Crippen LogP contribution in [0.1, 0.15) is 40.5 Å². The fourth-order valence-corrected chi connectivity index (χ4v) is 2.58. The van der Waals surface area contributed by atoms with E-state index >= 15 is 0 Å². The van der Waals surface area contributed by atoms with Crippen LogP contribution in [0.2, 0.25) is 0 Å². The Morgan fingerprint density at radius 1 is 1.00 bits per heavy atom. The maximum atomic E-state index is 11.5. The van der Waals surface area contributed by atoms with Gasteiger partial charge in [-0.05, 0) is 26.7 Å². The van der Waals surface area contributed by atoms with E-state index in [9.17, 15) is 8.42 Å². The summed E-state index contributed by atoms with van der Waals surface area (Å²) >= 11 is 0. The van der Waals surface area contributed by atoms with Crippen LogP contribution in [-0.4, -0.2) is 18.9 Å². The Labute approximate surface area is 69.9 Å². The summed E-state index contributed by atoms with van der Waals surface area (Å²) in [6.45, 7) is 7.37. The molecule has 2 nitrogen and oxygen atoms in total. The minimum Gasteiger partial charge on any atom is -0.228 e. The predicted octanol–water partition coefficient (Wildman–Crippen LogP) is 2.00. The van der Waals surface area contributed by atoms with Crippen LogP contribution in [-0.2, 0) is 9.84 Å². The number of sulfone groups is 1. The summed E-state index contributed by atoms with van der Waals surface area (Å²) in [4.78, 5) is 0.